The van der Waals surface area contributed by atoms with Gasteiger partial charge >= 0.3 is 29.6 Å². The third-order valence-electron chi connectivity index (χ3n) is 4.86. The number of rotatable bonds is 20. The monoisotopic (exact) mass is 478 g/mol. The van der Waals surface area contributed by atoms with Gasteiger partial charge in [-0.25, -0.2) is 8.42 Å². The summed E-state index contributed by atoms with van der Waals surface area (Å²) in [6, 6.07) is 8.24. The smallest absolute Gasteiger partial charge is 0.748 e. The Labute approximate surface area is 217 Å². The van der Waals surface area contributed by atoms with E-state index in [1.165, 1.54) is 31.2 Å². The van der Waals surface area contributed by atoms with Crippen molar-refractivity contribution in [3.05, 3.63) is 42.5 Å². The van der Waals surface area contributed by atoms with Crippen molar-refractivity contribution in [1.29, 1.82) is 0 Å². The molecule has 0 saturated heterocycles. The van der Waals surface area contributed by atoms with Crippen LogP contribution in [-0.4, -0.2) is 51.3 Å². The van der Waals surface area contributed by atoms with Crippen molar-refractivity contribution in [2.45, 2.75) is 70.8 Å². The molecule has 178 valence electrons. The van der Waals surface area contributed by atoms with Crippen LogP contribution in [0.15, 0.2) is 36.9 Å². The number of ether oxygens (including phenoxy) is 3. The Balaban J connectivity index is 0.00000961. The third-order valence-corrected chi connectivity index (χ3v) is 5.65. The molecular formula is C24H39NaO6S. The van der Waals surface area contributed by atoms with Crippen molar-refractivity contribution in [3.8, 4) is 5.75 Å². The van der Waals surface area contributed by atoms with Crippen LogP contribution in [0.25, 0.3) is 0 Å². The molecule has 0 amide bonds. The summed E-state index contributed by atoms with van der Waals surface area (Å²) in [5.41, 5.74) is 1.33. The summed E-state index contributed by atoms with van der Waals surface area (Å²) in [4.78, 5) is 0. The minimum Gasteiger partial charge on any atom is -0.748 e. The van der Waals surface area contributed by atoms with E-state index in [9.17, 15) is 13.0 Å². The largest absolute Gasteiger partial charge is 1.00 e. The second kappa shape index (κ2) is 20.0. The third kappa shape index (κ3) is 18.1. The molecule has 0 heterocycles. The van der Waals surface area contributed by atoms with E-state index < -0.39 is 10.1 Å². The Bertz CT molecular complexity index is 678. The number of hydrogen-bond acceptors (Lipinski definition) is 6. The first kappa shape index (κ1) is 31.6. The average Bonchev–Trinajstić information content (AvgIpc) is 2.74. The fourth-order valence-corrected chi connectivity index (χ4v) is 3.67. The van der Waals surface area contributed by atoms with Gasteiger partial charge in [-0.05, 0) is 43.4 Å². The molecule has 1 unspecified atom stereocenters. The Morgan fingerprint density at radius 2 is 1.69 bits per heavy atom. The molecule has 0 aliphatic rings. The zero-order chi connectivity index (χ0) is 22.8. The van der Waals surface area contributed by atoms with E-state index in [2.05, 4.69) is 25.6 Å². The van der Waals surface area contributed by atoms with Gasteiger partial charge in [-0.2, -0.15) is 0 Å². The predicted molar refractivity (Wildman–Crippen MR) is 124 cm³/mol. The maximum atomic E-state index is 10.6. The molecule has 0 bridgehead atoms. The molecule has 1 atom stereocenters. The molecule has 0 N–H and O–H groups in total. The topological polar surface area (TPSA) is 84.9 Å². The van der Waals surface area contributed by atoms with Gasteiger partial charge in [0.1, 0.15) is 18.5 Å². The van der Waals surface area contributed by atoms with Gasteiger partial charge in [0.25, 0.3) is 0 Å². The van der Waals surface area contributed by atoms with Crippen LogP contribution >= 0.6 is 0 Å². The van der Waals surface area contributed by atoms with Crippen molar-refractivity contribution < 1.29 is 56.7 Å². The number of unbranched alkanes of at least 4 members (excludes halogenated alkanes) is 6. The standard InChI is InChI=1S/C24H40O6S.Na/c1-3-5-6-9-12-22-13-15-23(16-14-22)30-21-24(20-28-17-4-2)29-18-10-7-8-11-19-31(25,26)27;/h4,13-16,24H,2-3,5-12,17-21H2,1H3,(H,25,26,27);/q;+1/p-1. The van der Waals surface area contributed by atoms with Gasteiger partial charge in [0.05, 0.1) is 23.3 Å². The van der Waals surface area contributed by atoms with Gasteiger partial charge < -0.3 is 18.8 Å². The van der Waals surface area contributed by atoms with Gasteiger partial charge in [0.2, 0.25) is 0 Å². The molecule has 0 radical (unpaired) electrons. The second-order valence-electron chi connectivity index (χ2n) is 7.76. The van der Waals surface area contributed by atoms with Gasteiger partial charge in [-0.3, -0.25) is 0 Å². The predicted octanol–water partition coefficient (Wildman–Crippen LogP) is 1.89. The Morgan fingerprint density at radius 3 is 2.34 bits per heavy atom. The fraction of sp³-hybridized carbons (Fsp3) is 0.667. The molecule has 0 aliphatic heterocycles. The van der Waals surface area contributed by atoms with Gasteiger partial charge in [-0.1, -0.05) is 57.2 Å². The minimum absolute atomic E-state index is 0. The molecular weight excluding hydrogens is 439 g/mol. The number of hydrogen-bond donors (Lipinski definition) is 0. The van der Waals surface area contributed by atoms with Gasteiger partial charge in [0.15, 0.2) is 0 Å². The first-order valence-corrected chi connectivity index (χ1v) is 13.0. The molecule has 0 aromatic heterocycles. The van der Waals surface area contributed by atoms with Crippen molar-refractivity contribution in [2.24, 2.45) is 0 Å². The Morgan fingerprint density at radius 1 is 1.00 bits per heavy atom. The molecule has 32 heavy (non-hydrogen) atoms. The van der Waals surface area contributed by atoms with Crippen LogP contribution in [0.3, 0.4) is 0 Å². The summed E-state index contributed by atoms with van der Waals surface area (Å²) >= 11 is 0. The van der Waals surface area contributed by atoms with Crippen LogP contribution < -0.4 is 34.3 Å². The average molecular weight is 479 g/mol. The van der Waals surface area contributed by atoms with Crippen molar-refractivity contribution >= 4 is 10.1 Å². The number of aryl methyl sites for hydroxylation is 1. The van der Waals surface area contributed by atoms with E-state index in [-0.39, 0.29) is 41.4 Å². The van der Waals surface area contributed by atoms with E-state index >= 15 is 0 Å². The van der Waals surface area contributed by atoms with Crippen LogP contribution in [0.4, 0.5) is 0 Å². The Kier molecular flexibility index (Phi) is 19.7. The summed E-state index contributed by atoms with van der Waals surface area (Å²) in [7, 11) is -4.11. The van der Waals surface area contributed by atoms with E-state index in [1.807, 2.05) is 12.1 Å². The second-order valence-corrected chi connectivity index (χ2v) is 9.28. The quantitative estimate of drug-likeness (QED) is 0.123. The molecule has 6 nitrogen and oxygen atoms in total. The zero-order valence-corrected chi connectivity index (χ0v) is 22.7. The molecule has 1 rings (SSSR count). The van der Waals surface area contributed by atoms with Crippen LogP contribution in [-0.2, 0) is 26.0 Å². The molecule has 1 aromatic carbocycles. The molecule has 0 fully saturated rings. The first-order valence-electron chi connectivity index (χ1n) is 11.4. The molecule has 1 aromatic rings. The van der Waals surface area contributed by atoms with E-state index in [4.69, 9.17) is 14.2 Å². The van der Waals surface area contributed by atoms with E-state index in [0.717, 1.165) is 25.0 Å². The van der Waals surface area contributed by atoms with Crippen LogP contribution in [0.5, 0.6) is 5.75 Å². The summed E-state index contributed by atoms with van der Waals surface area (Å²) in [5.74, 6) is 0.519. The van der Waals surface area contributed by atoms with Crippen molar-refractivity contribution in [1.82, 2.24) is 0 Å². The van der Waals surface area contributed by atoms with Crippen LogP contribution in [0.2, 0.25) is 0 Å². The summed E-state index contributed by atoms with van der Waals surface area (Å²) in [6.07, 6.45) is 10.3. The zero-order valence-electron chi connectivity index (χ0n) is 19.9. The molecule has 8 heteroatoms. The first-order chi connectivity index (χ1) is 14.9. The van der Waals surface area contributed by atoms with Gasteiger partial charge in [-0.15, -0.1) is 6.58 Å². The molecule has 0 aliphatic carbocycles. The maximum Gasteiger partial charge on any atom is 1.00 e. The minimum atomic E-state index is -4.11. The van der Waals surface area contributed by atoms with E-state index in [1.54, 1.807) is 6.08 Å². The van der Waals surface area contributed by atoms with Crippen LogP contribution in [0, 0.1) is 0 Å². The normalized spacial score (nSPS) is 12.2. The van der Waals surface area contributed by atoms with Crippen molar-refractivity contribution in [2.75, 3.05) is 32.2 Å². The van der Waals surface area contributed by atoms with Crippen LogP contribution in [0.1, 0.15) is 63.9 Å². The molecule has 0 saturated carbocycles. The fourth-order valence-electron chi connectivity index (χ4n) is 3.11. The summed E-state index contributed by atoms with van der Waals surface area (Å²) in [6.45, 7) is 7.66. The summed E-state index contributed by atoms with van der Waals surface area (Å²) < 4.78 is 49.1. The molecule has 0 spiro atoms. The van der Waals surface area contributed by atoms with Crippen molar-refractivity contribution in [3.63, 3.8) is 0 Å². The SMILES string of the molecule is C=CCOCC(COc1ccc(CCCCCC)cc1)OCCCCCCS(=O)(=O)[O-].[Na+]. The number of benzene rings is 1. The maximum absolute atomic E-state index is 10.6. The van der Waals surface area contributed by atoms with Gasteiger partial charge in [0, 0.05) is 12.4 Å². The summed E-state index contributed by atoms with van der Waals surface area (Å²) in [5, 5.41) is 0. The Hall–Kier alpha value is -0.410. The van der Waals surface area contributed by atoms with E-state index in [0.29, 0.717) is 39.3 Å².